The van der Waals surface area contributed by atoms with E-state index in [9.17, 15) is 27.9 Å². The van der Waals surface area contributed by atoms with Crippen molar-refractivity contribution >= 4 is 11.8 Å². The topological polar surface area (TPSA) is 107 Å². The third-order valence-electron chi connectivity index (χ3n) is 7.99. The van der Waals surface area contributed by atoms with Gasteiger partial charge in [-0.3, -0.25) is 14.5 Å². The molecule has 1 aliphatic carbocycles. The van der Waals surface area contributed by atoms with Crippen LogP contribution in [0.3, 0.4) is 0 Å². The first kappa shape index (κ1) is 28.7. The summed E-state index contributed by atoms with van der Waals surface area (Å²) in [4.78, 5) is 35.6. The Labute approximate surface area is 236 Å². The Bertz CT molecular complexity index is 1360. The van der Waals surface area contributed by atoms with Gasteiger partial charge in [0, 0.05) is 48.7 Å². The summed E-state index contributed by atoms with van der Waals surface area (Å²) in [5, 5.41) is 16.7. The van der Waals surface area contributed by atoms with Gasteiger partial charge in [-0.15, -0.1) is 0 Å². The summed E-state index contributed by atoms with van der Waals surface area (Å²) >= 11 is 0. The second-order valence-corrected chi connectivity index (χ2v) is 10.7. The number of nitrogens with one attached hydrogen (secondary N) is 2. The summed E-state index contributed by atoms with van der Waals surface area (Å²) in [5.41, 5.74) is -0.185. The zero-order chi connectivity index (χ0) is 29.0. The van der Waals surface area contributed by atoms with Crippen molar-refractivity contribution in [2.75, 3.05) is 19.6 Å². The minimum atomic E-state index is -4.55. The predicted octanol–water partition coefficient (Wildman–Crippen LogP) is 3.91. The Hall–Kier alpha value is -3.83. The van der Waals surface area contributed by atoms with Gasteiger partial charge in [-0.05, 0) is 61.9 Å². The van der Waals surface area contributed by atoms with Crippen LogP contribution in [0, 0.1) is 0 Å². The van der Waals surface area contributed by atoms with Crippen LogP contribution in [-0.4, -0.2) is 63.5 Å². The van der Waals surface area contributed by atoms with E-state index in [1.165, 1.54) is 6.07 Å². The predicted molar refractivity (Wildman–Crippen MR) is 146 cm³/mol. The minimum Gasteiger partial charge on any atom is -0.385 e. The van der Waals surface area contributed by atoms with Gasteiger partial charge in [0.1, 0.15) is 0 Å². The number of halogens is 3. The molecule has 0 bridgehead atoms. The summed E-state index contributed by atoms with van der Waals surface area (Å²) < 4.78 is 38.7. The molecule has 216 valence electrons. The maximum Gasteiger partial charge on any atom is 0.416 e. The fourth-order valence-electron chi connectivity index (χ4n) is 5.73. The highest BCUT2D eigenvalue weighted by Crippen LogP contribution is 2.39. The van der Waals surface area contributed by atoms with E-state index < -0.39 is 23.2 Å². The normalized spacial score (nSPS) is 23.2. The van der Waals surface area contributed by atoms with E-state index in [4.69, 9.17) is 0 Å². The van der Waals surface area contributed by atoms with Crippen molar-refractivity contribution in [2.45, 2.75) is 56.0 Å². The van der Waals surface area contributed by atoms with Crippen LogP contribution >= 0.6 is 0 Å². The van der Waals surface area contributed by atoms with Gasteiger partial charge < -0.3 is 15.7 Å². The molecule has 0 radical (unpaired) electrons. The van der Waals surface area contributed by atoms with Crippen LogP contribution in [0.25, 0.3) is 11.4 Å². The molecule has 2 aromatic carbocycles. The van der Waals surface area contributed by atoms with E-state index in [1.807, 2.05) is 24.3 Å². The van der Waals surface area contributed by atoms with E-state index in [-0.39, 0.29) is 24.1 Å². The Morgan fingerprint density at radius 2 is 1.71 bits per heavy atom. The van der Waals surface area contributed by atoms with Crippen LogP contribution < -0.4 is 10.6 Å². The van der Waals surface area contributed by atoms with Gasteiger partial charge in [0.2, 0.25) is 5.91 Å². The molecule has 2 amide bonds. The SMILES string of the molecule is O=C(CNC(=O)c1cccc(C(F)(F)F)c1)N[C@@H]1CCN(C2CCC(O)(c3ccc(-c4ncccn4)cc3)CC2)C1. The average molecular weight is 568 g/mol. The molecule has 1 saturated carbocycles. The summed E-state index contributed by atoms with van der Waals surface area (Å²) in [6.45, 7) is 1.16. The van der Waals surface area contributed by atoms with Crippen LogP contribution in [0.5, 0.6) is 0 Å². The highest BCUT2D eigenvalue weighted by atomic mass is 19.4. The van der Waals surface area contributed by atoms with Gasteiger partial charge in [-0.2, -0.15) is 13.2 Å². The van der Waals surface area contributed by atoms with Crippen molar-refractivity contribution in [3.8, 4) is 11.4 Å². The number of rotatable bonds is 7. The summed E-state index contributed by atoms with van der Waals surface area (Å²) in [5.74, 6) is -0.486. The number of hydrogen-bond donors (Lipinski definition) is 3. The van der Waals surface area contributed by atoms with Crippen LogP contribution in [0.1, 0.15) is 53.6 Å². The molecule has 8 nitrogen and oxygen atoms in total. The Morgan fingerprint density at radius 3 is 2.39 bits per heavy atom. The van der Waals surface area contributed by atoms with E-state index >= 15 is 0 Å². The fourth-order valence-corrected chi connectivity index (χ4v) is 5.73. The average Bonchev–Trinajstić information content (AvgIpc) is 3.44. The number of hydrogen-bond acceptors (Lipinski definition) is 6. The molecule has 2 aliphatic rings. The van der Waals surface area contributed by atoms with Crippen molar-refractivity contribution in [3.63, 3.8) is 0 Å². The number of amides is 2. The van der Waals surface area contributed by atoms with Gasteiger partial charge in [0.15, 0.2) is 5.82 Å². The zero-order valence-corrected chi connectivity index (χ0v) is 22.4. The first-order valence-electron chi connectivity index (χ1n) is 13.7. The maximum absolute atomic E-state index is 12.9. The van der Waals surface area contributed by atoms with Crippen molar-refractivity contribution in [2.24, 2.45) is 0 Å². The number of benzene rings is 2. The molecule has 1 atom stereocenters. The fraction of sp³-hybridized carbons (Fsp3) is 0.400. The standard InChI is InChI=1S/C30H32F3N5O3/c31-30(32,33)23-4-1-3-21(17-23)28(40)36-18-26(39)37-24-11-16-38(19-24)25-9-12-29(41,13-10-25)22-7-5-20(6-8-22)27-34-14-2-15-35-27/h1-8,14-15,17,24-25,41H,9-13,16,18-19H2,(H,36,40)(H,37,39)/t24-,25?,29?/m1/s1. The number of likely N-dealkylation sites (tertiary alicyclic amines) is 1. The molecule has 0 unspecified atom stereocenters. The largest absolute Gasteiger partial charge is 0.416 e. The van der Waals surface area contributed by atoms with E-state index in [0.29, 0.717) is 31.3 Å². The first-order valence-corrected chi connectivity index (χ1v) is 13.7. The molecule has 3 aromatic rings. The number of carbonyl (C=O) groups is 2. The molecular weight excluding hydrogens is 535 g/mol. The van der Waals surface area contributed by atoms with E-state index in [1.54, 1.807) is 18.5 Å². The molecule has 5 rings (SSSR count). The molecule has 1 aliphatic heterocycles. The third-order valence-corrected chi connectivity index (χ3v) is 7.99. The molecule has 2 heterocycles. The summed E-state index contributed by atoms with van der Waals surface area (Å²) in [6.07, 6.45) is 2.52. The van der Waals surface area contributed by atoms with Crippen LogP contribution in [0.15, 0.2) is 67.0 Å². The van der Waals surface area contributed by atoms with Gasteiger partial charge in [0.05, 0.1) is 17.7 Å². The van der Waals surface area contributed by atoms with Gasteiger partial charge in [-0.1, -0.05) is 30.3 Å². The smallest absolute Gasteiger partial charge is 0.385 e. The van der Waals surface area contributed by atoms with Gasteiger partial charge in [-0.25, -0.2) is 9.97 Å². The molecule has 41 heavy (non-hydrogen) atoms. The van der Waals surface area contributed by atoms with E-state index in [0.717, 1.165) is 55.1 Å². The number of aromatic nitrogens is 2. The second-order valence-electron chi connectivity index (χ2n) is 10.7. The molecule has 2 fully saturated rings. The Balaban J connectivity index is 1.07. The van der Waals surface area contributed by atoms with Crippen molar-refractivity contribution in [1.29, 1.82) is 0 Å². The first-order chi connectivity index (χ1) is 19.6. The molecule has 0 spiro atoms. The molecule has 3 N–H and O–H groups in total. The maximum atomic E-state index is 12.9. The number of alkyl halides is 3. The minimum absolute atomic E-state index is 0.0819. The number of aliphatic hydroxyl groups is 1. The lowest BCUT2D eigenvalue weighted by Crippen LogP contribution is -2.45. The zero-order valence-electron chi connectivity index (χ0n) is 22.4. The van der Waals surface area contributed by atoms with Crippen molar-refractivity contribution in [3.05, 3.63) is 83.7 Å². The summed E-state index contributed by atoms with van der Waals surface area (Å²) in [6, 6.07) is 13.8. The quantitative estimate of drug-likeness (QED) is 0.400. The summed E-state index contributed by atoms with van der Waals surface area (Å²) in [7, 11) is 0. The van der Waals surface area contributed by atoms with Crippen molar-refractivity contribution < 1.29 is 27.9 Å². The lowest BCUT2D eigenvalue weighted by Gasteiger charge is -2.40. The highest BCUT2D eigenvalue weighted by Gasteiger charge is 2.38. The Morgan fingerprint density at radius 1 is 1.00 bits per heavy atom. The van der Waals surface area contributed by atoms with Crippen LogP contribution in [0.2, 0.25) is 0 Å². The number of carbonyl (C=O) groups excluding carboxylic acids is 2. The van der Waals surface area contributed by atoms with Crippen LogP contribution in [0.4, 0.5) is 13.2 Å². The molecular formula is C30H32F3N5O3. The monoisotopic (exact) mass is 567 g/mol. The molecule has 1 saturated heterocycles. The Kier molecular flexibility index (Phi) is 8.37. The van der Waals surface area contributed by atoms with Gasteiger partial charge >= 0.3 is 6.18 Å². The molecule has 11 heteroatoms. The number of nitrogens with zero attached hydrogens (tertiary/aromatic N) is 3. The lowest BCUT2D eigenvalue weighted by molar-refractivity contribution is -0.137. The highest BCUT2D eigenvalue weighted by molar-refractivity contribution is 5.96. The molecule has 1 aromatic heterocycles. The van der Waals surface area contributed by atoms with Crippen LogP contribution in [-0.2, 0) is 16.6 Å². The van der Waals surface area contributed by atoms with Crippen molar-refractivity contribution in [1.82, 2.24) is 25.5 Å². The van der Waals surface area contributed by atoms with E-state index in [2.05, 4.69) is 25.5 Å². The lowest BCUT2D eigenvalue weighted by atomic mass is 9.77. The van der Waals surface area contributed by atoms with Gasteiger partial charge in [0.25, 0.3) is 5.91 Å². The second kappa shape index (κ2) is 12.0. The third kappa shape index (κ3) is 6.91.